The average Bonchev–Trinajstić information content (AvgIpc) is 3.33. The number of hydrogen-bond donors (Lipinski definition) is 0. The highest BCUT2D eigenvalue weighted by Gasteiger charge is 2.36. The van der Waals surface area contributed by atoms with Gasteiger partial charge in [0.2, 0.25) is 5.91 Å². The predicted molar refractivity (Wildman–Crippen MR) is 85.0 cm³/mol. The topological polar surface area (TPSA) is 23.6 Å². The van der Waals surface area contributed by atoms with Gasteiger partial charge in [0.05, 0.1) is 0 Å². The van der Waals surface area contributed by atoms with Crippen molar-refractivity contribution in [3.8, 4) is 0 Å². The Morgan fingerprint density at radius 1 is 0.762 bits per heavy atom. The molecule has 1 saturated heterocycles. The van der Waals surface area contributed by atoms with Gasteiger partial charge in [-0.2, -0.15) is 0 Å². The Balaban J connectivity index is 0.000000186. The van der Waals surface area contributed by atoms with Crippen molar-refractivity contribution in [3.05, 3.63) is 36.4 Å². The summed E-state index contributed by atoms with van der Waals surface area (Å²) >= 11 is 0. The summed E-state index contributed by atoms with van der Waals surface area (Å²) in [7, 11) is 0. The van der Waals surface area contributed by atoms with Crippen molar-refractivity contribution in [2.75, 3.05) is 26.2 Å². The summed E-state index contributed by atoms with van der Waals surface area (Å²) in [6.07, 6.45) is 6.46. The van der Waals surface area contributed by atoms with Crippen LogP contribution in [0.1, 0.15) is 32.1 Å². The fourth-order valence-electron chi connectivity index (χ4n) is 3.03. The van der Waals surface area contributed by atoms with E-state index in [0.29, 0.717) is 11.8 Å². The van der Waals surface area contributed by atoms with E-state index in [-0.39, 0.29) is 0 Å². The molecule has 0 N–H and O–H groups in total. The standard InChI is InChI=1S/C12H20N2O.C6H6/c15-12(10-4-5-10)14-8-6-13(7-9-14)11-2-1-3-11;1-2-4-6-5-3-1/h10-11H,1-9H2;1-6H. The van der Waals surface area contributed by atoms with E-state index in [1.165, 1.54) is 19.3 Å². The number of carbonyl (C=O) groups is 1. The molecule has 1 heterocycles. The van der Waals surface area contributed by atoms with Gasteiger partial charge in [0.25, 0.3) is 0 Å². The Labute approximate surface area is 127 Å². The number of piperazine rings is 1. The minimum absolute atomic E-state index is 0.403. The van der Waals surface area contributed by atoms with E-state index < -0.39 is 0 Å². The quantitative estimate of drug-likeness (QED) is 0.834. The van der Waals surface area contributed by atoms with Gasteiger partial charge in [-0.3, -0.25) is 9.69 Å². The molecule has 3 nitrogen and oxygen atoms in total. The third-order valence-corrected chi connectivity index (χ3v) is 4.81. The first-order valence-corrected chi connectivity index (χ1v) is 8.37. The number of amides is 1. The lowest BCUT2D eigenvalue weighted by atomic mass is 9.91. The molecule has 0 aromatic heterocycles. The molecule has 2 aliphatic carbocycles. The van der Waals surface area contributed by atoms with Crippen LogP contribution in [-0.4, -0.2) is 47.9 Å². The molecule has 0 spiro atoms. The van der Waals surface area contributed by atoms with Gasteiger partial charge in [0.15, 0.2) is 0 Å². The van der Waals surface area contributed by atoms with Crippen LogP contribution in [0.25, 0.3) is 0 Å². The summed E-state index contributed by atoms with van der Waals surface area (Å²) in [5.41, 5.74) is 0. The van der Waals surface area contributed by atoms with E-state index in [2.05, 4.69) is 9.80 Å². The number of rotatable bonds is 2. The van der Waals surface area contributed by atoms with Crippen molar-refractivity contribution >= 4 is 5.91 Å². The Bertz CT molecular complexity index is 405. The summed E-state index contributed by atoms with van der Waals surface area (Å²) in [5, 5.41) is 0. The first kappa shape index (κ1) is 14.6. The van der Waals surface area contributed by atoms with Crippen molar-refractivity contribution in [2.45, 2.75) is 38.1 Å². The highest BCUT2D eigenvalue weighted by Crippen LogP contribution is 2.32. The Morgan fingerprint density at radius 2 is 1.29 bits per heavy atom. The van der Waals surface area contributed by atoms with E-state index >= 15 is 0 Å². The molecule has 1 aromatic rings. The molecule has 3 heteroatoms. The maximum atomic E-state index is 11.8. The van der Waals surface area contributed by atoms with Gasteiger partial charge < -0.3 is 4.90 Å². The lowest BCUT2D eigenvalue weighted by molar-refractivity contribution is -0.134. The molecule has 3 fully saturated rings. The fraction of sp³-hybridized carbons (Fsp3) is 0.611. The van der Waals surface area contributed by atoms with E-state index in [1.807, 2.05) is 36.4 Å². The summed E-state index contributed by atoms with van der Waals surface area (Å²) in [4.78, 5) is 16.5. The van der Waals surface area contributed by atoms with Crippen LogP contribution < -0.4 is 0 Å². The predicted octanol–water partition coefficient (Wildman–Crippen LogP) is 2.78. The van der Waals surface area contributed by atoms with Crippen molar-refractivity contribution < 1.29 is 4.79 Å². The maximum absolute atomic E-state index is 11.8. The summed E-state index contributed by atoms with van der Waals surface area (Å²) in [6.45, 7) is 4.18. The smallest absolute Gasteiger partial charge is 0.225 e. The zero-order valence-corrected chi connectivity index (χ0v) is 12.8. The van der Waals surface area contributed by atoms with Gasteiger partial charge >= 0.3 is 0 Å². The first-order chi connectivity index (χ1) is 10.3. The lowest BCUT2D eigenvalue weighted by Gasteiger charge is -2.43. The zero-order chi connectivity index (χ0) is 14.5. The average molecular weight is 286 g/mol. The van der Waals surface area contributed by atoms with E-state index in [0.717, 1.165) is 45.1 Å². The molecule has 4 rings (SSSR count). The van der Waals surface area contributed by atoms with Gasteiger partial charge in [-0.15, -0.1) is 0 Å². The molecule has 2 saturated carbocycles. The molecular weight excluding hydrogens is 260 g/mol. The molecule has 1 amide bonds. The van der Waals surface area contributed by atoms with Gasteiger partial charge in [-0.1, -0.05) is 42.8 Å². The highest BCUT2D eigenvalue weighted by atomic mass is 16.2. The van der Waals surface area contributed by atoms with Crippen molar-refractivity contribution in [1.29, 1.82) is 0 Å². The molecule has 0 bridgehead atoms. The van der Waals surface area contributed by atoms with E-state index in [9.17, 15) is 4.79 Å². The largest absolute Gasteiger partial charge is 0.340 e. The lowest BCUT2D eigenvalue weighted by Crippen LogP contribution is -2.53. The normalized spacial score (nSPS) is 23.0. The first-order valence-electron chi connectivity index (χ1n) is 8.37. The third kappa shape index (κ3) is 4.07. The fourth-order valence-corrected chi connectivity index (χ4v) is 3.03. The van der Waals surface area contributed by atoms with Crippen LogP contribution in [0, 0.1) is 5.92 Å². The van der Waals surface area contributed by atoms with E-state index in [4.69, 9.17) is 0 Å². The molecule has 114 valence electrons. The molecule has 0 unspecified atom stereocenters. The SMILES string of the molecule is O=C(C1CC1)N1CCN(C2CCC2)CC1.c1ccccc1. The number of carbonyl (C=O) groups excluding carboxylic acids is 1. The molecule has 21 heavy (non-hydrogen) atoms. The van der Waals surface area contributed by atoms with Crippen LogP contribution in [0.2, 0.25) is 0 Å². The minimum atomic E-state index is 0.403. The molecule has 1 aromatic carbocycles. The number of benzene rings is 1. The number of nitrogens with zero attached hydrogens (tertiary/aromatic N) is 2. The van der Waals surface area contributed by atoms with Crippen LogP contribution >= 0.6 is 0 Å². The van der Waals surface area contributed by atoms with Gasteiger partial charge in [-0.25, -0.2) is 0 Å². The van der Waals surface area contributed by atoms with Gasteiger partial charge in [-0.05, 0) is 25.7 Å². The molecule has 1 aliphatic heterocycles. The maximum Gasteiger partial charge on any atom is 0.225 e. The monoisotopic (exact) mass is 286 g/mol. The molecule has 0 atom stereocenters. The zero-order valence-electron chi connectivity index (χ0n) is 12.8. The van der Waals surface area contributed by atoms with E-state index in [1.54, 1.807) is 0 Å². The van der Waals surface area contributed by atoms with Crippen molar-refractivity contribution in [2.24, 2.45) is 5.92 Å². The highest BCUT2D eigenvalue weighted by molar-refractivity contribution is 5.81. The van der Waals surface area contributed by atoms with Crippen LogP contribution in [0.4, 0.5) is 0 Å². The second-order valence-electron chi connectivity index (χ2n) is 6.37. The second kappa shape index (κ2) is 7.08. The third-order valence-electron chi connectivity index (χ3n) is 4.81. The second-order valence-corrected chi connectivity index (χ2v) is 6.37. The molecular formula is C18H26N2O. The Kier molecular flexibility index (Phi) is 4.91. The Hall–Kier alpha value is -1.35. The number of hydrogen-bond acceptors (Lipinski definition) is 2. The van der Waals surface area contributed by atoms with Crippen LogP contribution in [0.3, 0.4) is 0 Å². The molecule has 3 aliphatic rings. The minimum Gasteiger partial charge on any atom is -0.340 e. The van der Waals surface area contributed by atoms with Crippen LogP contribution in [0.15, 0.2) is 36.4 Å². The molecule has 0 radical (unpaired) electrons. The summed E-state index contributed by atoms with van der Waals surface area (Å²) in [6, 6.07) is 12.9. The van der Waals surface area contributed by atoms with Crippen molar-refractivity contribution in [1.82, 2.24) is 9.80 Å². The van der Waals surface area contributed by atoms with Crippen molar-refractivity contribution in [3.63, 3.8) is 0 Å². The van der Waals surface area contributed by atoms with Crippen LogP contribution in [-0.2, 0) is 4.79 Å². The summed E-state index contributed by atoms with van der Waals surface area (Å²) < 4.78 is 0. The summed E-state index contributed by atoms with van der Waals surface area (Å²) in [5.74, 6) is 0.837. The van der Waals surface area contributed by atoms with Gasteiger partial charge in [0.1, 0.15) is 0 Å². The van der Waals surface area contributed by atoms with Gasteiger partial charge in [0, 0.05) is 38.1 Å². The van der Waals surface area contributed by atoms with Crippen LogP contribution in [0.5, 0.6) is 0 Å². The Morgan fingerprint density at radius 3 is 1.67 bits per heavy atom.